The van der Waals surface area contributed by atoms with Gasteiger partial charge in [0, 0.05) is 6.42 Å². The minimum Gasteiger partial charge on any atom is -0.455 e. The molecule has 0 spiro atoms. The molecule has 0 fully saturated rings. The van der Waals surface area contributed by atoms with Gasteiger partial charge in [0.15, 0.2) is 0 Å². The van der Waals surface area contributed by atoms with Crippen LogP contribution < -0.4 is 9.47 Å². The van der Waals surface area contributed by atoms with E-state index >= 15 is 0 Å². The molecule has 0 aromatic heterocycles. The summed E-state index contributed by atoms with van der Waals surface area (Å²) in [5, 5.41) is 0. The van der Waals surface area contributed by atoms with Crippen LogP contribution in [0.1, 0.15) is 17.5 Å². The molecule has 2 rings (SSSR count). The highest BCUT2D eigenvalue weighted by Gasteiger charge is 2.14. The fraction of sp³-hybridized carbons (Fsp3) is 0.294. The zero-order valence-electron chi connectivity index (χ0n) is 12.3. The molecule has 2 aromatic rings. The van der Waals surface area contributed by atoms with Crippen molar-refractivity contribution in [2.45, 2.75) is 26.6 Å². The Labute approximate surface area is 133 Å². The second-order valence-corrected chi connectivity index (χ2v) is 6.44. The van der Waals surface area contributed by atoms with Crippen LogP contribution in [0.15, 0.2) is 48.5 Å². The maximum atomic E-state index is 6.03. The summed E-state index contributed by atoms with van der Waals surface area (Å²) in [5.41, 5.74) is 2.20. The summed E-state index contributed by atoms with van der Waals surface area (Å²) in [5.74, 6) is 1.71. The first-order chi connectivity index (χ1) is 10.2. The van der Waals surface area contributed by atoms with Gasteiger partial charge in [0.25, 0.3) is 0 Å². The zero-order chi connectivity index (χ0) is 15.1. The van der Waals surface area contributed by atoms with Gasteiger partial charge >= 0.3 is 0 Å². The van der Waals surface area contributed by atoms with E-state index in [4.69, 9.17) is 20.7 Å². The van der Waals surface area contributed by atoms with Crippen LogP contribution in [0.4, 0.5) is 0 Å². The summed E-state index contributed by atoms with van der Waals surface area (Å²) < 4.78 is 12.1. The summed E-state index contributed by atoms with van der Waals surface area (Å²) >= 11 is 5.83. The third-order valence-corrected chi connectivity index (χ3v) is 4.22. The number of ether oxygens (including phenoxy) is 2. The molecule has 0 bridgehead atoms. The van der Waals surface area contributed by atoms with Gasteiger partial charge < -0.3 is 9.47 Å². The molecule has 21 heavy (non-hydrogen) atoms. The SMILES string of the molecule is Cc1ccccc1OC(CCPCl)Oc1ccccc1C. The van der Waals surface area contributed by atoms with E-state index in [1.54, 1.807) is 0 Å². The number of para-hydroxylation sites is 2. The Morgan fingerprint density at radius 2 is 1.38 bits per heavy atom. The summed E-state index contributed by atoms with van der Waals surface area (Å²) in [6, 6.07) is 15.9. The number of hydrogen-bond donors (Lipinski definition) is 0. The molecule has 2 nitrogen and oxygen atoms in total. The maximum Gasteiger partial charge on any atom is 0.241 e. The Balaban J connectivity index is 2.11. The fourth-order valence-corrected chi connectivity index (χ4v) is 2.65. The van der Waals surface area contributed by atoms with Crippen LogP contribution in [0.2, 0.25) is 0 Å². The van der Waals surface area contributed by atoms with Crippen LogP contribution in [0, 0.1) is 13.8 Å². The van der Waals surface area contributed by atoms with Crippen molar-refractivity contribution >= 4 is 19.2 Å². The van der Waals surface area contributed by atoms with Crippen LogP contribution in [0.25, 0.3) is 0 Å². The molecule has 0 aliphatic rings. The van der Waals surface area contributed by atoms with Gasteiger partial charge in [-0.3, -0.25) is 0 Å². The molecule has 4 heteroatoms. The lowest BCUT2D eigenvalue weighted by Gasteiger charge is -2.22. The molecule has 1 unspecified atom stereocenters. The lowest BCUT2D eigenvalue weighted by molar-refractivity contribution is 0.00317. The Hall–Kier alpha value is -1.24. The first-order valence-corrected chi connectivity index (χ1v) is 9.20. The monoisotopic (exact) mass is 322 g/mol. The molecule has 0 N–H and O–H groups in total. The molecule has 0 amide bonds. The predicted octanol–water partition coefficient (Wildman–Crippen LogP) is 5.31. The van der Waals surface area contributed by atoms with Crippen molar-refractivity contribution in [3.63, 3.8) is 0 Å². The Morgan fingerprint density at radius 1 is 0.905 bits per heavy atom. The van der Waals surface area contributed by atoms with E-state index in [2.05, 4.69) is 0 Å². The summed E-state index contributed by atoms with van der Waals surface area (Å²) in [6.07, 6.45) is 1.33. The van der Waals surface area contributed by atoms with Crippen molar-refractivity contribution in [3.8, 4) is 11.5 Å². The van der Waals surface area contributed by atoms with Crippen molar-refractivity contribution in [1.29, 1.82) is 0 Å². The summed E-state index contributed by atoms with van der Waals surface area (Å²) in [4.78, 5) is 0. The largest absolute Gasteiger partial charge is 0.455 e. The van der Waals surface area contributed by atoms with Crippen LogP contribution in [-0.4, -0.2) is 12.5 Å². The van der Waals surface area contributed by atoms with Crippen molar-refractivity contribution in [3.05, 3.63) is 59.7 Å². The predicted molar refractivity (Wildman–Crippen MR) is 91.1 cm³/mol. The first kappa shape index (κ1) is 16.1. The van der Waals surface area contributed by atoms with Gasteiger partial charge in [-0.15, -0.1) is 11.2 Å². The lowest BCUT2D eigenvalue weighted by Crippen LogP contribution is -2.25. The maximum absolute atomic E-state index is 6.03. The second-order valence-electron chi connectivity index (χ2n) is 4.87. The van der Waals surface area contributed by atoms with E-state index in [1.807, 2.05) is 62.4 Å². The second kappa shape index (κ2) is 8.26. The minimum absolute atomic E-state index is 0.321. The van der Waals surface area contributed by atoms with E-state index < -0.39 is 0 Å². The quantitative estimate of drug-likeness (QED) is 0.508. The average molecular weight is 323 g/mol. The smallest absolute Gasteiger partial charge is 0.241 e. The molecule has 0 saturated heterocycles. The van der Waals surface area contributed by atoms with Crippen LogP contribution in [-0.2, 0) is 0 Å². The van der Waals surface area contributed by atoms with E-state index in [1.165, 1.54) is 0 Å². The molecular formula is C17H20ClO2P. The fourth-order valence-electron chi connectivity index (χ4n) is 1.97. The first-order valence-electron chi connectivity index (χ1n) is 6.99. The molecule has 0 aliphatic heterocycles. The number of aryl methyl sites for hydroxylation is 2. The Kier molecular flexibility index (Phi) is 6.35. The number of hydrogen-bond acceptors (Lipinski definition) is 2. The number of benzene rings is 2. The van der Waals surface area contributed by atoms with Crippen molar-refractivity contribution in [1.82, 2.24) is 0 Å². The minimum atomic E-state index is -0.321. The molecule has 0 heterocycles. The average Bonchev–Trinajstić information content (AvgIpc) is 2.49. The van der Waals surface area contributed by atoms with E-state index in [0.717, 1.165) is 35.2 Å². The molecule has 2 aromatic carbocycles. The van der Waals surface area contributed by atoms with E-state index in [0.29, 0.717) is 7.93 Å². The van der Waals surface area contributed by atoms with Gasteiger partial charge in [0.1, 0.15) is 11.5 Å². The summed E-state index contributed by atoms with van der Waals surface area (Å²) in [6.45, 7) is 4.06. The Bertz CT molecular complexity index is 527. The Morgan fingerprint density at radius 3 is 1.81 bits per heavy atom. The molecule has 112 valence electrons. The van der Waals surface area contributed by atoms with Crippen molar-refractivity contribution in [2.75, 3.05) is 6.16 Å². The normalized spacial score (nSPS) is 11.2. The molecule has 1 atom stereocenters. The highest BCUT2D eigenvalue weighted by atomic mass is 35.7. The third kappa shape index (κ3) is 4.91. The van der Waals surface area contributed by atoms with Crippen molar-refractivity contribution in [2.24, 2.45) is 0 Å². The van der Waals surface area contributed by atoms with Gasteiger partial charge in [0.05, 0.1) is 0 Å². The molecule has 0 saturated carbocycles. The lowest BCUT2D eigenvalue weighted by atomic mass is 10.2. The molecule has 0 aliphatic carbocycles. The number of rotatable bonds is 7. The van der Waals surface area contributed by atoms with Gasteiger partial charge in [0.2, 0.25) is 6.29 Å². The standard InChI is InChI=1S/C17H20ClO2P/c1-13-7-3-5-9-15(13)19-17(11-12-21-18)20-16-10-6-4-8-14(16)2/h3-10,17,21H,11-12H2,1-2H3. The highest BCUT2D eigenvalue weighted by molar-refractivity contribution is 7.68. The van der Waals surface area contributed by atoms with Gasteiger partial charge in [-0.2, -0.15) is 0 Å². The summed E-state index contributed by atoms with van der Waals surface area (Å²) in [7, 11) is 0.379. The zero-order valence-corrected chi connectivity index (χ0v) is 14.1. The highest BCUT2D eigenvalue weighted by Crippen LogP contribution is 2.25. The number of halogens is 1. The van der Waals surface area contributed by atoms with E-state index in [9.17, 15) is 0 Å². The van der Waals surface area contributed by atoms with E-state index in [-0.39, 0.29) is 6.29 Å². The third-order valence-electron chi connectivity index (χ3n) is 3.18. The van der Waals surface area contributed by atoms with Crippen molar-refractivity contribution < 1.29 is 9.47 Å². The molecular weight excluding hydrogens is 303 g/mol. The van der Waals surface area contributed by atoms with Gasteiger partial charge in [-0.1, -0.05) is 36.4 Å². The van der Waals surface area contributed by atoms with Crippen LogP contribution in [0.3, 0.4) is 0 Å². The van der Waals surface area contributed by atoms with Gasteiger partial charge in [-0.05, 0) is 51.2 Å². The van der Waals surface area contributed by atoms with Crippen LogP contribution in [0.5, 0.6) is 11.5 Å². The topological polar surface area (TPSA) is 18.5 Å². The molecule has 0 radical (unpaired) electrons. The van der Waals surface area contributed by atoms with Gasteiger partial charge in [-0.25, -0.2) is 0 Å². The van der Waals surface area contributed by atoms with Crippen LogP contribution >= 0.6 is 19.2 Å².